The van der Waals surface area contributed by atoms with E-state index in [4.69, 9.17) is 21.7 Å². The molecule has 8 heteroatoms. The van der Waals surface area contributed by atoms with Gasteiger partial charge in [0.15, 0.2) is 0 Å². The molecule has 6 nitrogen and oxygen atoms in total. The number of hydrogen-bond acceptors (Lipinski definition) is 6. The Morgan fingerprint density at radius 3 is 2.55 bits per heavy atom. The van der Waals surface area contributed by atoms with E-state index in [-0.39, 0.29) is 11.8 Å². The number of nitrogens with zero attached hydrogens (tertiary/aromatic N) is 1. The molecule has 0 bridgehead atoms. The van der Waals surface area contributed by atoms with Crippen molar-refractivity contribution in [3.05, 3.63) is 64.6 Å². The summed E-state index contributed by atoms with van der Waals surface area (Å²) in [6.07, 6.45) is 1.79. The van der Waals surface area contributed by atoms with Crippen molar-refractivity contribution in [3.8, 4) is 11.5 Å². The topological polar surface area (TPSA) is 67.9 Å². The SMILES string of the molecule is COc1ccc(C(=O)NCCN2C(=O)/C(=C\c3cccc(OC)c3)SC2=S)cc1. The molecule has 2 aromatic carbocycles. The van der Waals surface area contributed by atoms with E-state index < -0.39 is 0 Å². The van der Waals surface area contributed by atoms with Gasteiger partial charge in [-0.1, -0.05) is 36.1 Å². The normalized spacial score (nSPS) is 15.0. The minimum absolute atomic E-state index is 0.165. The van der Waals surface area contributed by atoms with Crippen LogP contribution in [0.2, 0.25) is 0 Å². The number of thioether (sulfide) groups is 1. The summed E-state index contributed by atoms with van der Waals surface area (Å²) in [4.78, 5) is 27.0. The molecule has 1 fully saturated rings. The number of nitrogens with one attached hydrogen (secondary N) is 1. The summed E-state index contributed by atoms with van der Waals surface area (Å²) in [5.41, 5.74) is 1.38. The summed E-state index contributed by atoms with van der Waals surface area (Å²) < 4.78 is 10.8. The Bertz CT molecular complexity index is 957. The Morgan fingerprint density at radius 1 is 1.14 bits per heavy atom. The van der Waals surface area contributed by atoms with E-state index in [1.54, 1.807) is 44.6 Å². The first-order valence-electron chi connectivity index (χ1n) is 8.83. The molecule has 1 aliphatic heterocycles. The van der Waals surface area contributed by atoms with Crippen molar-refractivity contribution in [1.82, 2.24) is 10.2 Å². The van der Waals surface area contributed by atoms with E-state index >= 15 is 0 Å². The molecule has 0 spiro atoms. The quantitative estimate of drug-likeness (QED) is 0.539. The number of rotatable bonds is 7. The van der Waals surface area contributed by atoms with Crippen molar-refractivity contribution in [2.75, 3.05) is 27.3 Å². The van der Waals surface area contributed by atoms with E-state index in [1.807, 2.05) is 24.3 Å². The third-order valence-electron chi connectivity index (χ3n) is 4.24. The predicted molar refractivity (Wildman–Crippen MR) is 118 cm³/mol. The molecule has 0 aliphatic carbocycles. The van der Waals surface area contributed by atoms with Crippen LogP contribution < -0.4 is 14.8 Å². The first kappa shape index (κ1) is 20.9. The zero-order valence-corrected chi connectivity index (χ0v) is 17.6. The second-order valence-corrected chi connectivity index (χ2v) is 7.77. The number of methoxy groups -OCH3 is 2. The fourth-order valence-corrected chi connectivity index (χ4v) is 4.01. The van der Waals surface area contributed by atoms with Crippen molar-refractivity contribution in [2.24, 2.45) is 0 Å². The third kappa shape index (κ3) is 5.16. The molecule has 0 aromatic heterocycles. The van der Waals surface area contributed by atoms with E-state index in [0.29, 0.717) is 33.6 Å². The molecule has 29 heavy (non-hydrogen) atoms. The fraction of sp³-hybridized carbons (Fsp3) is 0.190. The second kappa shape index (κ2) is 9.58. The molecule has 0 radical (unpaired) electrons. The predicted octanol–water partition coefficient (Wildman–Crippen LogP) is 3.34. The van der Waals surface area contributed by atoms with E-state index in [1.165, 1.54) is 16.7 Å². The van der Waals surface area contributed by atoms with Crippen LogP contribution in [0, 0.1) is 0 Å². The zero-order chi connectivity index (χ0) is 20.8. The molecule has 1 N–H and O–H groups in total. The van der Waals surface area contributed by atoms with Gasteiger partial charge >= 0.3 is 0 Å². The summed E-state index contributed by atoms with van der Waals surface area (Å²) in [5.74, 6) is 1.02. The van der Waals surface area contributed by atoms with Crippen molar-refractivity contribution in [3.63, 3.8) is 0 Å². The number of benzene rings is 2. The van der Waals surface area contributed by atoms with Gasteiger partial charge in [0, 0.05) is 18.7 Å². The van der Waals surface area contributed by atoms with Gasteiger partial charge in [0.25, 0.3) is 11.8 Å². The maximum absolute atomic E-state index is 12.7. The first-order valence-corrected chi connectivity index (χ1v) is 10.1. The van der Waals surface area contributed by atoms with Gasteiger partial charge in [-0.25, -0.2) is 0 Å². The van der Waals surface area contributed by atoms with Gasteiger partial charge in [-0.05, 0) is 48.0 Å². The van der Waals surface area contributed by atoms with E-state index in [2.05, 4.69) is 5.32 Å². The molecule has 0 atom stereocenters. The average molecular weight is 429 g/mol. The van der Waals surface area contributed by atoms with Crippen LogP contribution in [-0.4, -0.2) is 48.3 Å². The lowest BCUT2D eigenvalue weighted by Gasteiger charge is -2.15. The standard InChI is InChI=1S/C21H20N2O4S2/c1-26-16-8-6-15(7-9-16)19(24)22-10-11-23-20(25)18(29-21(23)28)13-14-4-3-5-17(12-14)27-2/h3-9,12-13H,10-11H2,1-2H3,(H,22,24)/b18-13+. The largest absolute Gasteiger partial charge is 0.497 e. The van der Waals surface area contributed by atoms with Gasteiger partial charge in [0.05, 0.1) is 19.1 Å². The van der Waals surface area contributed by atoms with Gasteiger partial charge in [0.2, 0.25) is 0 Å². The lowest BCUT2D eigenvalue weighted by atomic mass is 10.2. The Hall–Kier alpha value is -2.84. The van der Waals surface area contributed by atoms with Gasteiger partial charge in [-0.15, -0.1) is 0 Å². The van der Waals surface area contributed by atoms with Crippen LogP contribution in [0.3, 0.4) is 0 Å². The summed E-state index contributed by atoms with van der Waals surface area (Å²) in [6, 6.07) is 14.3. The average Bonchev–Trinajstić information content (AvgIpc) is 3.01. The lowest BCUT2D eigenvalue weighted by Crippen LogP contribution is -2.37. The van der Waals surface area contributed by atoms with Gasteiger partial charge < -0.3 is 14.8 Å². The molecule has 1 aliphatic rings. The van der Waals surface area contributed by atoms with Gasteiger partial charge in [0.1, 0.15) is 15.8 Å². The smallest absolute Gasteiger partial charge is 0.266 e. The van der Waals surface area contributed by atoms with Crippen LogP contribution in [0.1, 0.15) is 15.9 Å². The van der Waals surface area contributed by atoms with E-state index in [0.717, 1.165) is 11.3 Å². The molecule has 0 unspecified atom stereocenters. The minimum Gasteiger partial charge on any atom is -0.497 e. The van der Waals surface area contributed by atoms with Crippen LogP contribution in [0.5, 0.6) is 11.5 Å². The summed E-state index contributed by atoms with van der Waals surface area (Å²) in [7, 11) is 3.17. The first-order chi connectivity index (χ1) is 14.0. The Kier molecular flexibility index (Phi) is 6.90. The number of carbonyl (C=O) groups is 2. The highest BCUT2D eigenvalue weighted by molar-refractivity contribution is 8.26. The van der Waals surface area contributed by atoms with Crippen LogP contribution in [0.4, 0.5) is 0 Å². The lowest BCUT2D eigenvalue weighted by molar-refractivity contribution is -0.122. The maximum atomic E-state index is 12.7. The van der Waals surface area contributed by atoms with E-state index in [9.17, 15) is 9.59 Å². The number of thiocarbonyl (C=S) groups is 1. The van der Waals surface area contributed by atoms with Crippen molar-refractivity contribution >= 4 is 46.2 Å². The fourth-order valence-electron chi connectivity index (χ4n) is 2.70. The van der Waals surface area contributed by atoms with Crippen molar-refractivity contribution in [2.45, 2.75) is 0 Å². The van der Waals surface area contributed by atoms with Crippen molar-refractivity contribution in [1.29, 1.82) is 0 Å². The summed E-state index contributed by atoms with van der Waals surface area (Å²) in [6.45, 7) is 0.603. The zero-order valence-electron chi connectivity index (χ0n) is 16.0. The van der Waals surface area contributed by atoms with Crippen LogP contribution >= 0.6 is 24.0 Å². The van der Waals surface area contributed by atoms with Crippen LogP contribution in [0.25, 0.3) is 6.08 Å². The molecule has 3 rings (SSSR count). The molecule has 2 amide bonds. The minimum atomic E-state index is -0.218. The monoisotopic (exact) mass is 428 g/mol. The molecule has 1 heterocycles. The highest BCUT2D eigenvalue weighted by Crippen LogP contribution is 2.32. The van der Waals surface area contributed by atoms with Gasteiger partial charge in [-0.3, -0.25) is 14.5 Å². The Balaban J connectivity index is 1.58. The van der Waals surface area contributed by atoms with Gasteiger partial charge in [-0.2, -0.15) is 0 Å². The molecule has 0 saturated carbocycles. The molecular weight excluding hydrogens is 408 g/mol. The number of carbonyl (C=O) groups excluding carboxylic acids is 2. The summed E-state index contributed by atoms with van der Waals surface area (Å²) >= 11 is 6.59. The molecule has 150 valence electrons. The van der Waals surface area contributed by atoms with Crippen LogP contribution in [0.15, 0.2) is 53.4 Å². The highest BCUT2D eigenvalue weighted by atomic mass is 32.2. The highest BCUT2D eigenvalue weighted by Gasteiger charge is 2.31. The summed E-state index contributed by atoms with van der Waals surface area (Å²) in [5, 5.41) is 2.81. The van der Waals surface area contributed by atoms with Crippen LogP contribution in [-0.2, 0) is 4.79 Å². The molecule has 1 saturated heterocycles. The number of ether oxygens (including phenoxy) is 2. The second-order valence-electron chi connectivity index (χ2n) is 6.09. The maximum Gasteiger partial charge on any atom is 0.266 e. The van der Waals surface area contributed by atoms with Crippen molar-refractivity contribution < 1.29 is 19.1 Å². The Morgan fingerprint density at radius 2 is 1.86 bits per heavy atom. The third-order valence-corrected chi connectivity index (χ3v) is 5.62. The molecular formula is C21H20N2O4S2. The molecule has 2 aromatic rings. The number of amides is 2. The number of hydrogen-bond donors (Lipinski definition) is 1. The Labute approximate surface area is 178 Å².